The van der Waals surface area contributed by atoms with Gasteiger partial charge in [0.1, 0.15) is 11.5 Å². The Labute approximate surface area is 220 Å². The lowest BCUT2D eigenvalue weighted by atomic mass is 10.0. The van der Waals surface area contributed by atoms with Crippen molar-refractivity contribution in [2.45, 2.75) is 123 Å². The van der Waals surface area contributed by atoms with E-state index in [1.165, 1.54) is 103 Å². The highest BCUT2D eigenvalue weighted by atomic mass is 16.5. The molecule has 1 N–H and O–H groups in total. The van der Waals surface area contributed by atoms with Gasteiger partial charge in [0.2, 0.25) is 0 Å². The number of allylic oxidation sites excluding steroid dienone is 1. The molecule has 5 nitrogen and oxygen atoms in total. The number of aliphatic hydroxyl groups excluding tert-OH is 1. The molecule has 1 aromatic carbocycles. The highest BCUT2D eigenvalue weighted by molar-refractivity contribution is 5.90. The SMILES string of the molecule is [C-]#[N+]/C(C(=O)OCCc1ccc(OCCCCCCCCCCCCCCCCCC)cc1)=C(\C)O. The number of ether oxygens (including phenoxy) is 2. The van der Waals surface area contributed by atoms with E-state index in [1.807, 2.05) is 24.3 Å². The Morgan fingerprint density at radius 2 is 1.25 bits per heavy atom. The number of unbranched alkanes of at least 4 members (excludes halogenated alkanes) is 15. The summed E-state index contributed by atoms with van der Waals surface area (Å²) < 4.78 is 10.9. The van der Waals surface area contributed by atoms with Crippen molar-refractivity contribution >= 4 is 5.97 Å². The number of hydrogen-bond acceptors (Lipinski definition) is 4. The highest BCUT2D eigenvalue weighted by Gasteiger charge is 2.14. The van der Waals surface area contributed by atoms with E-state index in [9.17, 15) is 9.90 Å². The highest BCUT2D eigenvalue weighted by Crippen LogP contribution is 2.16. The van der Waals surface area contributed by atoms with E-state index in [-0.39, 0.29) is 18.1 Å². The number of esters is 1. The number of carbonyl (C=O) groups is 1. The summed E-state index contributed by atoms with van der Waals surface area (Å²) in [5.74, 6) is -0.254. The zero-order chi connectivity index (χ0) is 26.3. The Morgan fingerprint density at radius 3 is 1.69 bits per heavy atom. The van der Waals surface area contributed by atoms with Gasteiger partial charge in [-0.3, -0.25) is 4.79 Å². The lowest BCUT2D eigenvalue weighted by Gasteiger charge is -2.08. The zero-order valence-corrected chi connectivity index (χ0v) is 22.9. The zero-order valence-electron chi connectivity index (χ0n) is 22.9. The standard InChI is InChI=1S/C31H49NO4/c1-4-5-6-7-8-9-10-11-12-13-14-15-16-17-18-19-25-35-29-22-20-28(21-23-29)24-26-36-31(34)30(32-3)27(2)33/h20-23,33H,4-19,24-26H2,1-2H3/b30-27+. The van der Waals surface area contributed by atoms with Crippen LogP contribution in [-0.2, 0) is 16.0 Å². The smallest absolute Gasteiger partial charge is 0.339 e. The van der Waals surface area contributed by atoms with Gasteiger partial charge in [0.05, 0.1) is 19.8 Å². The Bertz CT molecular complexity index is 760. The molecule has 0 aliphatic carbocycles. The number of hydrogen-bond donors (Lipinski definition) is 1. The Morgan fingerprint density at radius 1 is 0.778 bits per heavy atom. The van der Waals surface area contributed by atoms with Crippen molar-refractivity contribution in [3.05, 3.63) is 52.7 Å². The first-order valence-electron chi connectivity index (χ1n) is 14.2. The van der Waals surface area contributed by atoms with Crippen molar-refractivity contribution in [2.75, 3.05) is 13.2 Å². The van der Waals surface area contributed by atoms with Crippen LogP contribution in [-0.4, -0.2) is 24.3 Å². The molecule has 0 aromatic heterocycles. The second-order valence-electron chi connectivity index (χ2n) is 9.73. The van der Waals surface area contributed by atoms with Crippen LogP contribution in [0.15, 0.2) is 35.7 Å². The van der Waals surface area contributed by atoms with E-state index < -0.39 is 5.97 Å². The van der Waals surface area contributed by atoms with Crippen LogP contribution in [0.5, 0.6) is 5.75 Å². The third-order valence-corrected chi connectivity index (χ3v) is 6.46. The summed E-state index contributed by atoms with van der Waals surface area (Å²) >= 11 is 0. The van der Waals surface area contributed by atoms with Gasteiger partial charge in [0, 0.05) is 6.42 Å². The maximum Gasteiger partial charge on any atom is 0.339 e. The van der Waals surface area contributed by atoms with E-state index in [2.05, 4.69) is 11.8 Å². The van der Waals surface area contributed by atoms with Crippen LogP contribution < -0.4 is 4.74 Å². The number of rotatable bonds is 22. The minimum absolute atomic E-state index is 0.157. The average molecular weight is 500 g/mol. The van der Waals surface area contributed by atoms with Crippen molar-refractivity contribution in [3.8, 4) is 5.75 Å². The van der Waals surface area contributed by atoms with E-state index in [0.29, 0.717) is 6.42 Å². The second-order valence-corrected chi connectivity index (χ2v) is 9.73. The molecule has 0 spiro atoms. The number of carbonyl (C=O) groups excluding carboxylic acids is 1. The van der Waals surface area contributed by atoms with Crippen molar-refractivity contribution in [2.24, 2.45) is 0 Å². The molecule has 0 atom stereocenters. The van der Waals surface area contributed by atoms with E-state index in [4.69, 9.17) is 16.0 Å². The Hall–Kier alpha value is -2.48. The van der Waals surface area contributed by atoms with Crippen molar-refractivity contribution in [3.63, 3.8) is 0 Å². The fourth-order valence-electron chi connectivity index (χ4n) is 4.20. The molecule has 0 saturated carbocycles. The molecule has 0 aliphatic heterocycles. The van der Waals surface area contributed by atoms with Crippen molar-refractivity contribution < 1.29 is 19.4 Å². The van der Waals surface area contributed by atoms with Crippen molar-refractivity contribution in [1.82, 2.24) is 0 Å². The summed E-state index contributed by atoms with van der Waals surface area (Å²) in [4.78, 5) is 14.7. The molecular formula is C31H49NO4. The molecule has 1 aromatic rings. The Balaban J connectivity index is 1.95. The monoisotopic (exact) mass is 499 g/mol. The summed E-state index contributed by atoms with van der Waals surface area (Å²) in [6, 6.07) is 7.79. The van der Waals surface area contributed by atoms with E-state index >= 15 is 0 Å². The predicted molar refractivity (Wildman–Crippen MR) is 148 cm³/mol. The number of aliphatic hydroxyl groups is 1. The normalized spacial score (nSPS) is 11.6. The second kappa shape index (κ2) is 21.8. The summed E-state index contributed by atoms with van der Waals surface area (Å²) in [5.41, 5.74) is 0.652. The van der Waals surface area contributed by atoms with Gasteiger partial charge >= 0.3 is 11.7 Å². The fraction of sp³-hybridized carbons (Fsp3) is 0.677. The van der Waals surface area contributed by atoms with E-state index in [1.54, 1.807) is 0 Å². The lowest BCUT2D eigenvalue weighted by molar-refractivity contribution is -0.138. The summed E-state index contributed by atoms with van der Waals surface area (Å²) in [7, 11) is 0. The van der Waals surface area contributed by atoms with Crippen LogP contribution in [0.4, 0.5) is 0 Å². The molecule has 0 heterocycles. The molecule has 202 valence electrons. The van der Waals surface area contributed by atoms with Gasteiger partial charge in [-0.1, -0.05) is 115 Å². The topological polar surface area (TPSA) is 60.1 Å². The largest absolute Gasteiger partial charge is 0.523 e. The van der Waals surface area contributed by atoms with E-state index in [0.717, 1.165) is 24.3 Å². The molecule has 0 bridgehead atoms. The maximum atomic E-state index is 11.7. The summed E-state index contributed by atoms with van der Waals surface area (Å²) in [5, 5.41) is 9.30. The van der Waals surface area contributed by atoms with Crippen LogP contribution in [0.25, 0.3) is 4.85 Å². The number of benzene rings is 1. The van der Waals surface area contributed by atoms with Crippen LogP contribution in [0.3, 0.4) is 0 Å². The van der Waals surface area contributed by atoms with Crippen LogP contribution >= 0.6 is 0 Å². The van der Waals surface area contributed by atoms with Crippen LogP contribution in [0.2, 0.25) is 0 Å². The van der Waals surface area contributed by atoms with Gasteiger partial charge in [-0.2, -0.15) is 0 Å². The summed E-state index contributed by atoms with van der Waals surface area (Å²) in [6.07, 6.45) is 22.4. The maximum absolute atomic E-state index is 11.7. The first-order valence-corrected chi connectivity index (χ1v) is 14.2. The lowest BCUT2D eigenvalue weighted by Crippen LogP contribution is -2.10. The van der Waals surface area contributed by atoms with Gasteiger partial charge in [-0.25, -0.2) is 4.85 Å². The van der Waals surface area contributed by atoms with Crippen LogP contribution in [0.1, 0.15) is 122 Å². The quantitative estimate of drug-likeness (QED) is 0.0568. The number of nitrogens with zero attached hydrogens (tertiary/aromatic N) is 1. The van der Waals surface area contributed by atoms with Gasteiger partial charge < -0.3 is 14.6 Å². The molecule has 0 unspecified atom stereocenters. The van der Waals surface area contributed by atoms with Gasteiger partial charge in [-0.05, 0) is 31.0 Å². The minimum Gasteiger partial charge on any atom is -0.523 e. The minimum atomic E-state index is -0.788. The van der Waals surface area contributed by atoms with Crippen molar-refractivity contribution in [1.29, 1.82) is 0 Å². The van der Waals surface area contributed by atoms with Crippen LogP contribution in [0, 0.1) is 6.57 Å². The van der Waals surface area contributed by atoms with Gasteiger partial charge in [0.25, 0.3) is 0 Å². The first-order chi connectivity index (χ1) is 17.6. The molecular weight excluding hydrogens is 450 g/mol. The summed E-state index contributed by atoms with van der Waals surface area (Å²) in [6.45, 7) is 11.4. The molecule has 0 saturated heterocycles. The molecule has 36 heavy (non-hydrogen) atoms. The fourth-order valence-corrected chi connectivity index (χ4v) is 4.20. The average Bonchev–Trinajstić information content (AvgIpc) is 2.87. The predicted octanol–water partition coefficient (Wildman–Crippen LogP) is 9.12. The third-order valence-electron chi connectivity index (χ3n) is 6.46. The molecule has 1 rings (SSSR count). The molecule has 0 radical (unpaired) electrons. The molecule has 5 heteroatoms. The first kappa shape index (κ1) is 31.5. The van der Waals surface area contributed by atoms with Gasteiger partial charge in [0.15, 0.2) is 0 Å². The van der Waals surface area contributed by atoms with Gasteiger partial charge in [-0.15, -0.1) is 0 Å². The molecule has 0 aliphatic rings. The third kappa shape index (κ3) is 16.2. The molecule has 0 amide bonds. The molecule has 0 fully saturated rings. The Kier molecular flexibility index (Phi) is 19.1.